The Hall–Kier alpha value is -2.76. The summed E-state index contributed by atoms with van der Waals surface area (Å²) in [5.41, 5.74) is 1.06. The molecule has 0 aliphatic heterocycles. The van der Waals surface area contributed by atoms with Gasteiger partial charge in [0.2, 0.25) is 11.7 Å². The van der Waals surface area contributed by atoms with Gasteiger partial charge in [0.1, 0.15) is 11.5 Å². The van der Waals surface area contributed by atoms with Crippen LogP contribution >= 0.6 is 0 Å². The van der Waals surface area contributed by atoms with Crippen molar-refractivity contribution in [1.82, 2.24) is 5.32 Å². The second-order valence-corrected chi connectivity index (χ2v) is 5.34. The van der Waals surface area contributed by atoms with Crippen LogP contribution in [0.4, 0.5) is 0 Å². The SMILES string of the molecule is CCCOc1ccc(CCC(=O)NCc2ccc(C(=O)O)o2)cc1. The molecule has 0 aliphatic rings. The molecule has 1 amide bonds. The van der Waals surface area contributed by atoms with Crippen molar-refractivity contribution < 1.29 is 23.8 Å². The number of amides is 1. The molecular weight excluding hydrogens is 310 g/mol. The second-order valence-electron chi connectivity index (χ2n) is 5.34. The fraction of sp³-hybridized carbons (Fsp3) is 0.333. The van der Waals surface area contributed by atoms with Gasteiger partial charge in [0, 0.05) is 6.42 Å². The van der Waals surface area contributed by atoms with Crippen LogP contribution in [-0.4, -0.2) is 23.6 Å². The molecule has 1 aromatic heterocycles. The topological polar surface area (TPSA) is 88.8 Å². The molecule has 0 bridgehead atoms. The molecule has 0 atom stereocenters. The molecule has 2 aromatic rings. The standard InChI is InChI=1S/C18H21NO5/c1-2-11-23-14-6-3-13(4-7-14)5-10-17(20)19-12-15-8-9-16(24-15)18(21)22/h3-4,6-9H,2,5,10-12H2,1H3,(H,19,20)(H,21,22). The first-order valence-electron chi connectivity index (χ1n) is 7.89. The minimum atomic E-state index is -1.13. The molecule has 128 valence electrons. The Morgan fingerprint density at radius 1 is 1.17 bits per heavy atom. The van der Waals surface area contributed by atoms with Crippen LogP contribution in [0, 0.1) is 0 Å². The molecule has 0 saturated heterocycles. The summed E-state index contributed by atoms with van der Waals surface area (Å²) < 4.78 is 10.6. The lowest BCUT2D eigenvalue weighted by Gasteiger charge is -2.06. The quantitative estimate of drug-likeness (QED) is 0.737. The van der Waals surface area contributed by atoms with Crippen LogP contribution in [0.3, 0.4) is 0 Å². The molecule has 1 aromatic carbocycles. The number of nitrogens with one attached hydrogen (secondary N) is 1. The molecule has 0 saturated carbocycles. The van der Waals surface area contributed by atoms with E-state index in [1.165, 1.54) is 6.07 Å². The number of carbonyl (C=O) groups excluding carboxylic acids is 1. The summed E-state index contributed by atoms with van der Waals surface area (Å²) >= 11 is 0. The van der Waals surface area contributed by atoms with Crippen LogP contribution < -0.4 is 10.1 Å². The van der Waals surface area contributed by atoms with E-state index >= 15 is 0 Å². The van der Waals surface area contributed by atoms with Crippen LogP contribution in [0.1, 0.15) is 41.6 Å². The maximum Gasteiger partial charge on any atom is 0.371 e. The Morgan fingerprint density at radius 2 is 1.92 bits per heavy atom. The number of carbonyl (C=O) groups is 2. The first kappa shape index (κ1) is 17.6. The molecule has 6 nitrogen and oxygen atoms in total. The third-order valence-electron chi connectivity index (χ3n) is 3.37. The summed E-state index contributed by atoms with van der Waals surface area (Å²) in [6, 6.07) is 10.6. The van der Waals surface area contributed by atoms with Gasteiger partial charge in [-0.15, -0.1) is 0 Å². The van der Waals surface area contributed by atoms with Crippen LogP contribution in [0.2, 0.25) is 0 Å². The minimum Gasteiger partial charge on any atom is -0.494 e. The van der Waals surface area contributed by atoms with Gasteiger partial charge in [0.05, 0.1) is 13.2 Å². The van der Waals surface area contributed by atoms with Gasteiger partial charge >= 0.3 is 5.97 Å². The molecule has 0 spiro atoms. The number of hydrogen-bond donors (Lipinski definition) is 2. The number of furan rings is 1. The monoisotopic (exact) mass is 331 g/mol. The van der Waals surface area contributed by atoms with E-state index in [-0.39, 0.29) is 18.2 Å². The highest BCUT2D eigenvalue weighted by Crippen LogP contribution is 2.14. The third-order valence-corrected chi connectivity index (χ3v) is 3.37. The highest BCUT2D eigenvalue weighted by atomic mass is 16.5. The lowest BCUT2D eigenvalue weighted by molar-refractivity contribution is -0.121. The first-order chi connectivity index (χ1) is 11.6. The van der Waals surface area contributed by atoms with Gasteiger partial charge in [-0.3, -0.25) is 4.79 Å². The largest absolute Gasteiger partial charge is 0.494 e. The predicted octanol–water partition coefficient (Wildman–Crippen LogP) is 3.02. The van der Waals surface area contributed by atoms with Crippen molar-refractivity contribution in [3.05, 3.63) is 53.5 Å². The molecule has 0 radical (unpaired) electrons. The van der Waals surface area contributed by atoms with Gasteiger partial charge in [0.25, 0.3) is 0 Å². The van der Waals surface area contributed by atoms with E-state index in [1.54, 1.807) is 6.07 Å². The summed E-state index contributed by atoms with van der Waals surface area (Å²) in [5, 5.41) is 11.5. The highest BCUT2D eigenvalue weighted by Gasteiger charge is 2.09. The van der Waals surface area contributed by atoms with Crippen molar-refractivity contribution in [1.29, 1.82) is 0 Å². The van der Waals surface area contributed by atoms with Crippen molar-refractivity contribution in [3.63, 3.8) is 0 Å². The zero-order valence-electron chi connectivity index (χ0n) is 13.6. The fourth-order valence-corrected chi connectivity index (χ4v) is 2.09. The number of benzene rings is 1. The van der Waals surface area contributed by atoms with Gasteiger partial charge < -0.3 is 19.6 Å². The number of hydrogen-bond acceptors (Lipinski definition) is 4. The molecule has 0 aliphatic carbocycles. The summed E-state index contributed by atoms with van der Waals surface area (Å²) in [6.45, 7) is 2.92. The van der Waals surface area contributed by atoms with E-state index in [4.69, 9.17) is 14.3 Å². The normalized spacial score (nSPS) is 10.4. The predicted molar refractivity (Wildman–Crippen MR) is 88.1 cm³/mol. The number of rotatable bonds is 9. The zero-order valence-corrected chi connectivity index (χ0v) is 13.6. The molecule has 2 rings (SSSR count). The maximum atomic E-state index is 11.8. The molecule has 6 heteroatoms. The summed E-state index contributed by atoms with van der Waals surface area (Å²) in [5.74, 6) is -0.131. The van der Waals surface area contributed by atoms with Crippen molar-refractivity contribution in [3.8, 4) is 5.75 Å². The smallest absolute Gasteiger partial charge is 0.371 e. The van der Waals surface area contributed by atoms with E-state index in [9.17, 15) is 9.59 Å². The van der Waals surface area contributed by atoms with E-state index in [0.717, 1.165) is 17.7 Å². The minimum absolute atomic E-state index is 0.116. The molecule has 1 heterocycles. The van der Waals surface area contributed by atoms with E-state index in [2.05, 4.69) is 12.2 Å². The average molecular weight is 331 g/mol. The zero-order chi connectivity index (χ0) is 17.4. The Kier molecular flexibility index (Phi) is 6.42. The van der Waals surface area contributed by atoms with Crippen molar-refractivity contribution in [2.45, 2.75) is 32.7 Å². The highest BCUT2D eigenvalue weighted by molar-refractivity contribution is 5.84. The van der Waals surface area contributed by atoms with Crippen molar-refractivity contribution in [2.24, 2.45) is 0 Å². The maximum absolute atomic E-state index is 11.8. The van der Waals surface area contributed by atoms with Gasteiger partial charge in [-0.05, 0) is 42.7 Å². The Bertz CT molecular complexity index is 675. The first-order valence-corrected chi connectivity index (χ1v) is 7.89. The molecule has 2 N–H and O–H groups in total. The number of carboxylic acids is 1. The second kappa shape index (κ2) is 8.76. The van der Waals surface area contributed by atoms with Crippen LogP contribution in [-0.2, 0) is 17.8 Å². The summed E-state index contributed by atoms with van der Waals surface area (Å²) in [6.07, 6.45) is 1.94. The molecule has 0 fully saturated rings. The summed E-state index contributed by atoms with van der Waals surface area (Å²) in [7, 11) is 0. The lowest BCUT2D eigenvalue weighted by Crippen LogP contribution is -2.22. The average Bonchev–Trinajstić information content (AvgIpc) is 3.06. The number of ether oxygens (including phenoxy) is 1. The van der Waals surface area contributed by atoms with E-state index in [0.29, 0.717) is 25.2 Å². The Labute approximate surface area is 140 Å². The number of carboxylic acid groups (broad SMARTS) is 1. The lowest BCUT2D eigenvalue weighted by atomic mass is 10.1. The third kappa shape index (κ3) is 5.46. The summed E-state index contributed by atoms with van der Waals surface area (Å²) in [4.78, 5) is 22.5. The van der Waals surface area contributed by atoms with Gasteiger partial charge in [-0.25, -0.2) is 4.79 Å². The van der Waals surface area contributed by atoms with Crippen LogP contribution in [0.5, 0.6) is 5.75 Å². The number of aryl methyl sites for hydroxylation is 1. The van der Waals surface area contributed by atoms with E-state index < -0.39 is 5.97 Å². The van der Waals surface area contributed by atoms with Crippen molar-refractivity contribution in [2.75, 3.05) is 6.61 Å². The Morgan fingerprint density at radius 3 is 2.54 bits per heavy atom. The van der Waals surface area contributed by atoms with Crippen LogP contribution in [0.25, 0.3) is 0 Å². The molecular formula is C18H21NO5. The van der Waals surface area contributed by atoms with E-state index in [1.807, 2.05) is 24.3 Å². The fourth-order valence-electron chi connectivity index (χ4n) is 2.09. The number of aromatic carboxylic acids is 1. The van der Waals surface area contributed by atoms with Gasteiger partial charge in [-0.2, -0.15) is 0 Å². The van der Waals surface area contributed by atoms with Gasteiger partial charge in [0.15, 0.2) is 0 Å². The van der Waals surface area contributed by atoms with Crippen molar-refractivity contribution >= 4 is 11.9 Å². The Balaban J connectivity index is 1.73. The molecule has 0 unspecified atom stereocenters. The molecule has 24 heavy (non-hydrogen) atoms. The van der Waals surface area contributed by atoms with Gasteiger partial charge in [-0.1, -0.05) is 19.1 Å². The van der Waals surface area contributed by atoms with Crippen LogP contribution in [0.15, 0.2) is 40.8 Å².